The zero-order valence-electron chi connectivity index (χ0n) is 10.8. The molecular weight excluding hydrogens is 366 g/mol. The molecule has 2 aromatic carbocycles. The lowest BCUT2D eigenvalue weighted by molar-refractivity contribution is 0.624. The normalized spacial score (nSPS) is 17.7. The Kier molecular flexibility index (Phi) is 4.00. The molecule has 4 heteroatoms. The van der Waals surface area contributed by atoms with Gasteiger partial charge in [0.05, 0.1) is 5.71 Å². The quantitative estimate of drug-likeness (QED) is 0.635. The van der Waals surface area contributed by atoms with Crippen LogP contribution in [0.4, 0.5) is 4.39 Å². The molecule has 0 aliphatic carbocycles. The van der Waals surface area contributed by atoms with Gasteiger partial charge in [-0.05, 0) is 28.8 Å². The Hall–Kier alpha value is -1.43. The maximum absolute atomic E-state index is 13.4. The van der Waals surface area contributed by atoms with Crippen molar-refractivity contribution in [2.75, 3.05) is 6.54 Å². The molecule has 2 nitrogen and oxygen atoms in total. The second-order valence-corrected chi connectivity index (χ2v) is 5.56. The van der Waals surface area contributed by atoms with Gasteiger partial charge in [0.2, 0.25) is 0 Å². The van der Waals surface area contributed by atoms with E-state index in [1.54, 1.807) is 12.1 Å². The van der Waals surface area contributed by atoms with E-state index < -0.39 is 0 Å². The van der Waals surface area contributed by atoms with Gasteiger partial charge in [-0.3, -0.25) is 0 Å². The smallest absolute Gasteiger partial charge is 0.123 e. The monoisotopic (exact) mass is 380 g/mol. The summed E-state index contributed by atoms with van der Waals surface area (Å²) in [6.45, 7) is 0.715. The first kappa shape index (κ1) is 13.5. The summed E-state index contributed by atoms with van der Waals surface area (Å²) in [5, 5.41) is 4.39. The minimum atomic E-state index is -0.200. The van der Waals surface area contributed by atoms with Gasteiger partial charge in [-0.15, -0.1) is 0 Å². The largest absolute Gasteiger partial charge is 0.309 e. The number of alkyl halides is 1. The lowest BCUT2D eigenvalue weighted by Gasteiger charge is -2.13. The topological polar surface area (TPSA) is 24.4 Å². The van der Waals surface area contributed by atoms with Crippen LogP contribution >= 0.6 is 22.6 Å². The van der Waals surface area contributed by atoms with Gasteiger partial charge in [0.1, 0.15) is 5.82 Å². The van der Waals surface area contributed by atoms with E-state index in [1.165, 1.54) is 11.6 Å². The molecule has 2 aromatic rings. The van der Waals surface area contributed by atoms with Crippen molar-refractivity contribution in [2.24, 2.45) is 5.10 Å². The molecule has 1 atom stereocenters. The number of hydrazone groups is 1. The standard InChI is InChI=1S/C16H14FIN2/c17-14-3-1-2-13(8-14)15-10-19-20-16(15)12-6-4-11(9-18)5-7-12/h1-8,15,19H,9-10H2. The molecule has 1 unspecified atom stereocenters. The summed E-state index contributed by atoms with van der Waals surface area (Å²) < 4.78 is 14.4. The van der Waals surface area contributed by atoms with Crippen molar-refractivity contribution in [3.05, 3.63) is 71.0 Å². The number of rotatable bonds is 3. The van der Waals surface area contributed by atoms with Gasteiger partial charge in [-0.1, -0.05) is 59.0 Å². The van der Waals surface area contributed by atoms with Crippen LogP contribution in [0.3, 0.4) is 0 Å². The molecule has 0 aromatic heterocycles. The van der Waals surface area contributed by atoms with Crippen LogP contribution in [0.25, 0.3) is 0 Å². The average molecular weight is 380 g/mol. The van der Waals surface area contributed by atoms with E-state index in [0.717, 1.165) is 21.3 Å². The minimum Gasteiger partial charge on any atom is -0.309 e. The fourth-order valence-corrected chi connectivity index (χ4v) is 2.93. The van der Waals surface area contributed by atoms with Crippen molar-refractivity contribution in [1.82, 2.24) is 5.43 Å². The summed E-state index contributed by atoms with van der Waals surface area (Å²) in [6.07, 6.45) is 0. The first-order chi connectivity index (χ1) is 9.78. The van der Waals surface area contributed by atoms with Crippen molar-refractivity contribution in [3.63, 3.8) is 0 Å². The van der Waals surface area contributed by atoms with Crippen molar-refractivity contribution >= 4 is 28.3 Å². The molecule has 1 aliphatic rings. The predicted octanol–water partition coefficient (Wildman–Crippen LogP) is 3.85. The Balaban J connectivity index is 1.92. The fourth-order valence-electron chi connectivity index (χ4n) is 2.43. The van der Waals surface area contributed by atoms with Crippen molar-refractivity contribution in [2.45, 2.75) is 10.3 Å². The zero-order valence-corrected chi connectivity index (χ0v) is 13.0. The van der Waals surface area contributed by atoms with Crippen molar-refractivity contribution in [1.29, 1.82) is 0 Å². The highest BCUT2D eigenvalue weighted by Crippen LogP contribution is 2.25. The second-order valence-electron chi connectivity index (χ2n) is 4.80. The van der Waals surface area contributed by atoms with Gasteiger partial charge in [0.15, 0.2) is 0 Å². The Morgan fingerprint density at radius 1 is 1.20 bits per heavy atom. The summed E-state index contributed by atoms with van der Waals surface area (Å²) in [7, 11) is 0. The van der Waals surface area contributed by atoms with Gasteiger partial charge >= 0.3 is 0 Å². The highest BCUT2D eigenvalue weighted by atomic mass is 127. The second kappa shape index (κ2) is 5.91. The van der Waals surface area contributed by atoms with Crippen molar-refractivity contribution < 1.29 is 4.39 Å². The Labute approximate surface area is 131 Å². The molecule has 0 spiro atoms. The van der Waals surface area contributed by atoms with Gasteiger partial charge in [-0.25, -0.2) is 4.39 Å². The fraction of sp³-hybridized carbons (Fsp3) is 0.188. The predicted molar refractivity (Wildman–Crippen MR) is 87.8 cm³/mol. The summed E-state index contributed by atoms with van der Waals surface area (Å²) in [6, 6.07) is 15.2. The summed E-state index contributed by atoms with van der Waals surface area (Å²) in [4.78, 5) is 0. The summed E-state index contributed by atoms with van der Waals surface area (Å²) in [5.41, 5.74) is 7.37. The highest BCUT2D eigenvalue weighted by Gasteiger charge is 2.24. The van der Waals surface area contributed by atoms with E-state index in [9.17, 15) is 4.39 Å². The van der Waals surface area contributed by atoms with E-state index in [1.807, 2.05) is 6.07 Å². The molecule has 0 amide bonds. The molecule has 1 N–H and O–H groups in total. The van der Waals surface area contributed by atoms with E-state index in [-0.39, 0.29) is 11.7 Å². The first-order valence-electron chi connectivity index (χ1n) is 6.49. The summed E-state index contributed by atoms with van der Waals surface area (Å²) in [5.74, 6) is -0.0924. The molecule has 0 saturated carbocycles. The molecule has 3 rings (SSSR count). The SMILES string of the molecule is Fc1cccc(C2CNN=C2c2ccc(CI)cc2)c1. The lowest BCUT2D eigenvalue weighted by atomic mass is 9.90. The van der Waals surface area contributed by atoms with Crippen LogP contribution in [0.5, 0.6) is 0 Å². The number of halogens is 2. The number of hydrogen-bond acceptors (Lipinski definition) is 2. The molecule has 1 heterocycles. The Bertz CT molecular complexity index is 637. The molecular formula is C16H14FIN2. The van der Waals surface area contributed by atoms with Crippen LogP contribution in [-0.2, 0) is 4.43 Å². The van der Waals surface area contributed by atoms with Crippen LogP contribution in [0, 0.1) is 5.82 Å². The molecule has 20 heavy (non-hydrogen) atoms. The third-order valence-corrected chi connectivity index (χ3v) is 4.36. The number of hydrogen-bond donors (Lipinski definition) is 1. The molecule has 0 radical (unpaired) electrons. The van der Waals surface area contributed by atoms with Crippen LogP contribution in [-0.4, -0.2) is 12.3 Å². The zero-order chi connectivity index (χ0) is 13.9. The average Bonchev–Trinajstić information content (AvgIpc) is 2.97. The highest BCUT2D eigenvalue weighted by molar-refractivity contribution is 14.1. The third-order valence-electron chi connectivity index (χ3n) is 3.48. The number of nitrogens with one attached hydrogen (secondary N) is 1. The van der Waals surface area contributed by atoms with Gasteiger partial charge in [-0.2, -0.15) is 5.10 Å². The summed E-state index contributed by atoms with van der Waals surface area (Å²) >= 11 is 2.35. The van der Waals surface area contributed by atoms with E-state index >= 15 is 0 Å². The van der Waals surface area contributed by atoms with E-state index in [0.29, 0.717) is 6.54 Å². The maximum Gasteiger partial charge on any atom is 0.123 e. The Morgan fingerprint density at radius 3 is 2.70 bits per heavy atom. The van der Waals surface area contributed by atoms with Crippen LogP contribution in [0.1, 0.15) is 22.6 Å². The molecule has 102 valence electrons. The minimum absolute atomic E-state index is 0.108. The lowest BCUT2D eigenvalue weighted by Crippen LogP contribution is -2.14. The van der Waals surface area contributed by atoms with E-state index in [4.69, 9.17) is 0 Å². The van der Waals surface area contributed by atoms with Crippen molar-refractivity contribution in [3.8, 4) is 0 Å². The number of benzene rings is 2. The third kappa shape index (κ3) is 2.70. The molecule has 0 fully saturated rings. The van der Waals surface area contributed by atoms with Crippen LogP contribution in [0.2, 0.25) is 0 Å². The molecule has 1 aliphatic heterocycles. The van der Waals surface area contributed by atoms with Crippen LogP contribution < -0.4 is 5.43 Å². The van der Waals surface area contributed by atoms with Gasteiger partial charge in [0, 0.05) is 16.9 Å². The maximum atomic E-state index is 13.4. The Morgan fingerprint density at radius 2 is 2.00 bits per heavy atom. The molecule has 0 bridgehead atoms. The van der Waals surface area contributed by atoms with E-state index in [2.05, 4.69) is 57.4 Å². The van der Waals surface area contributed by atoms with Gasteiger partial charge in [0.25, 0.3) is 0 Å². The van der Waals surface area contributed by atoms with Gasteiger partial charge < -0.3 is 5.43 Å². The van der Waals surface area contributed by atoms with Crippen LogP contribution in [0.15, 0.2) is 53.6 Å². The molecule has 0 saturated heterocycles. The first-order valence-corrected chi connectivity index (χ1v) is 8.01. The number of nitrogens with zero attached hydrogens (tertiary/aromatic N) is 1.